The first kappa shape index (κ1) is 17.3. The molecule has 2 unspecified atom stereocenters. The standard InChI is InChI=1S/C19H38N2/c1-4-12-20-15-19(5-2,6-3)16-21-13-11-17-9-7-8-10-18(17)14-21/h17-18,20H,4-16H2,1-3H3. The van der Waals surface area contributed by atoms with Gasteiger partial charge in [0.25, 0.3) is 0 Å². The lowest BCUT2D eigenvalue weighted by Gasteiger charge is -2.45. The largest absolute Gasteiger partial charge is 0.316 e. The van der Waals surface area contributed by atoms with Gasteiger partial charge in [-0.15, -0.1) is 0 Å². The minimum atomic E-state index is 0.497. The summed E-state index contributed by atoms with van der Waals surface area (Å²) in [4.78, 5) is 2.81. The topological polar surface area (TPSA) is 15.3 Å². The van der Waals surface area contributed by atoms with Gasteiger partial charge in [-0.25, -0.2) is 0 Å². The van der Waals surface area contributed by atoms with Crippen LogP contribution in [-0.2, 0) is 0 Å². The third-order valence-corrected chi connectivity index (χ3v) is 6.36. The molecule has 1 N–H and O–H groups in total. The molecule has 0 spiro atoms. The predicted octanol–water partition coefficient (Wildman–Crippen LogP) is 4.30. The molecule has 1 aliphatic heterocycles. The van der Waals surface area contributed by atoms with E-state index in [0.717, 1.165) is 11.8 Å². The Hall–Kier alpha value is -0.0800. The van der Waals surface area contributed by atoms with Crippen LogP contribution < -0.4 is 5.32 Å². The van der Waals surface area contributed by atoms with Crippen molar-refractivity contribution in [3.63, 3.8) is 0 Å². The Morgan fingerprint density at radius 2 is 1.71 bits per heavy atom. The van der Waals surface area contributed by atoms with Crippen LogP contribution in [0.3, 0.4) is 0 Å². The van der Waals surface area contributed by atoms with Crippen LogP contribution in [0.2, 0.25) is 0 Å². The second kappa shape index (κ2) is 8.53. The number of fused-ring (bicyclic) bond motifs is 1. The second-order valence-corrected chi connectivity index (χ2v) is 7.71. The summed E-state index contributed by atoms with van der Waals surface area (Å²) in [7, 11) is 0. The highest BCUT2D eigenvalue weighted by atomic mass is 15.1. The maximum atomic E-state index is 3.70. The quantitative estimate of drug-likeness (QED) is 0.671. The van der Waals surface area contributed by atoms with Crippen molar-refractivity contribution in [2.24, 2.45) is 17.3 Å². The molecular formula is C19H38N2. The van der Waals surface area contributed by atoms with E-state index < -0.39 is 0 Å². The van der Waals surface area contributed by atoms with E-state index in [1.807, 2.05) is 0 Å². The fraction of sp³-hybridized carbons (Fsp3) is 1.00. The molecule has 0 aromatic carbocycles. The summed E-state index contributed by atoms with van der Waals surface area (Å²) < 4.78 is 0. The van der Waals surface area contributed by atoms with Crippen molar-refractivity contribution in [1.82, 2.24) is 10.2 Å². The Balaban J connectivity index is 1.87. The summed E-state index contributed by atoms with van der Waals surface area (Å²) in [6.07, 6.45) is 11.3. The highest BCUT2D eigenvalue weighted by molar-refractivity contribution is 4.88. The molecule has 1 saturated heterocycles. The van der Waals surface area contributed by atoms with E-state index in [0.29, 0.717) is 5.41 Å². The van der Waals surface area contributed by atoms with Crippen molar-refractivity contribution >= 4 is 0 Å². The monoisotopic (exact) mass is 294 g/mol. The zero-order chi connectivity index (χ0) is 15.1. The Morgan fingerprint density at radius 3 is 2.38 bits per heavy atom. The fourth-order valence-electron chi connectivity index (χ4n) is 4.60. The van der Waals surface area contributed by atoms with Crippen molar-refractivity contribution in [3.05, 3.63) is 0 Å². The molecule has 2 rings (SSSR count). The predicted molar refractivity (Wildman–Crippen MR) is 92.7 cm³/mol. The minimum Gasteiger partial charge on any atom is -0.316 e. The Bertz CT molecular complexity index is 285. The SMILES string of the molecule is CCCNCC(CC)(CC)CN1CCC2CCCCC2C1. The van der Waals surface area contributed by atoms with Crippen LogP contribution in [0.25, 0.3) is 0 Å². The third-order valence-electron chi connectivity index (χ3n) is 6.36. The smallest absolute Gasteiger partial charge is 0.00501 e. The van der Waals surface area contributed by atoms with Gasteiger partial charge in [0.05, 0.1) is 0 Å². The van der Waals surface area contributed by atoms with Gasteiger partial charge in [-0.2, -0.15) is 0 Å². The van der Waals surface area contributed by atoms with Crippen molar-refractivity contribution in [3.8, 4) is 0 Å². The second-order valence-electron chi connectivity index (χ2n) is 7.71. The Kier molecular flexibility index (Phi) is 7.01. The normalized spacial score (nSPS) is 27.6. The molecule has 1 heterocycles. The lowest BCUT2D eigenvalue weighted by atomic mass is 9.74. The number of rotatable bonds is 8. The van der Waals surface area contributed by atoms with Gasteiger partial charge in [0.2, 0.25) is 0 Å². The van der Waals surface area contributed by atoms with Crippen LogP contribution >= 0.6 is 0 Å². The van der Waals surface area contributed by atoms with Gasteiger partial charge in [0, 0.05) is 19.6 Å². The number of hydrogen-bond acceptors (Lipinski definition) is 2. The average Bonchev–Trinajstić information content (AvgIpc) is 2.54. The maximum absolute atomic E-state index is 3.70. The van der Waals surface area contributed by atoms with E-state index in [1.165, 1.54) is 84.1 Å². The lowest BCUT2D eigenvalue weighted by Crippen LogP contribution is -2.49. The van der Waals surface area contributed by atoms with Crippen LogP contribution in [0.4, 0.5) is 0 Å². The Morgan fingerprint density at radius 1 is 1.00 bits per heavy atom. The summed E-state index contributed by atoms with van der Waals surface area (Å²) in [6.45, 7) is 13.5. The van der Waals surface area contributed by atoms with Gasteiger partial charge in [-0.3, -0.25) is 0 Å². The van der Waals surface area contributed by atoms with Crippen LogP contribution in [0, 0.1) is 17.3 Å². The molecule has 2 atom stereocenters. The lowest BCUT2D eigenvalue weighted by molar-refractivity contribution is 0.0477. The van der Waals surface area contributed by atoms with Crippen molar-refractivity contribution in [2.75, 3.05) is 32.7 Å². The molecular weight excluding hydrogens is 256 g/mol. The van der Waals surface area contributed by atoms with E-state index in [-0.39, 0.29) is 0 Å². The van der Waals surface area contributed by atoms with Crippen LogP contribution in [-0.4, -0.2) is 37.6 Å². The molecule has 1 aliphatic carbocycles. The molecule has 0 aromatic heterocycles. The van der Waals surface area contributed by atoms with E-state index in [4.69, 9.17) is 0 Å². The Labute approximate surface area is 133 Å². The molecule has 0 aromatic rings. The van der Waals surface area contributed by atoms with Crippen molar-refractivity contribution in [1.29, 1.82) is 0 Å². The molecule has 2 heteroatoms. The zero-order valence-electron chi connectivity index (χ0n) is 14.8. The summed E-state index contributed by atoms with van der Waals surface area (Å²) in [5.41, 5.74) is 0.497. The first-order chi connectivity index (χ1) is 10.2. The molecule has 0 bridgehead atoms. The highest BCUT2D eigenvalue weighted by Gasteiger charge is 2.35. The number of nitrogens with one attached hydrogen (secondary N) is 1. The van der Waals surface area contributed by atoms with E-state index in [1.54, 1.807) is 0 Å². The third kappa shape index (κ3) is 4.69. The molecule has 0 amide bonds. The number of piperidine rings is 1. The molecule has 2 nitrogen and oxygen atoms in total. The van der Waals surface area contributed by atoms with E-state index >= 15 is 0 Å². The first-order valence-electron chi connectivity index (χ1n) is 9.66. The van der Waals surface area contributed by atoms with Crippen LogP contribution in [0.5, 0.6) is 0 Å². The summed E-state index contributed by atoms with van der Waals surface area (Å²) in [6, 6.07) is 0. The fourth-order valence-corrected chi connectivity index (χ4v) is 4.60. The number of nitrogens with zero attached hydrogens (tertiary/aromatic N) is 1. The van der Waals surface area contributed by atoms with Crippen LogP contribution in [0.1, 0.15) is 72.1 Å². The molecule has 2 aliphatic rings. The van der Waals surface area contributed by atoms with Crippen LogP contribution in [0.15, 0.2) is 0 Å². The summed E-state index contributed by atoms with van der Waals surface area (Å²) >= 11 is 0. The van der Waals surface area contributed by atoms with Crippen molar-refractivity contribution in [2.45, 2.75) is 72.1 Å². The first-order valence-corrected chi connectivity index (χ1v) is 9.66. The maximum Gasteiger partial charge on any atom is 0.00501 e. The molecule has 2 fully saturated rings. The summed E-state index contributed by atoms with van der Waals surface area (Å²) in [5.74, 6) is 2.08. The number of likely N-dealkylation sites (tertiary alicyclic amines) is 1. The number of hydrogen-bond donors (Lipinski definition) is 1. The van der Waals surface area contributed by atoms with Gasteiger partial charge in [-0.05, 0) is 62.4 Å². The van der Waals surface area contributed by atoms with Gasteiger partial charge >= 0.3 is 0 Å². The zero-order valence-corrected chi connectivity index (χ0v) is 14.8. The molecule has 124 valence electrons. The molecule has 21 heavy (non-hydrogen) atoms. The molecule has 1 saturated carbocycles. The van der Waals surface area contributed by atoms with Gasteiger partial charge < -0.3 is 10.2 Å². The van der Waals surface area contributed by atoms with Gasteiger partial charge in [0.15, 0.2) is 0 Å². The van der Waals surface area contributed by atoms with Gasteiger partial charge in [-0.1, -0.05) is 40.0 Å². The van der Waals surface area contributed by atoms with E-state index in [9.17, 15) is 0 Å². The van der Waals surface area contributed by atoms with E-state index in [2.05, 4.69) is 31.0 Å². The highest BCUT2D eigenvalue weighted by Crippen LogP contribution is 2.37. The average molecular weight is 295 g/mol. The molecule has 0 radical (unpaired) electrons. The minimum absolute atomic E-state index is 0.497. The van der Waals surface area contributed by atoms with Crippen molar-refractivity contribution < 1.29 is 0 Å². The summed E-state index contributed by atoms with van der Waals surface area (Å²) in [5, 5.41) is 3.70. The van der Waals surface area contributed by atoms with Gasteiger partial charge in [0.1, 0.15) is 0 Å².